The second-order valence-corrected chi connectivity index (χ2v) is 7.00. The molecule has 140 valence electrons. The molecule has 1 aromatic carbocycles. The van der Waals surface area contributed by atoms with E-state index in [0.717, 1.165) is 4.47 Å². The Morgan fingerprint density at radius 1 is 1.44 bits per heavy atom. The van der Waals surface area contributed by atoms with Gasteiger partial charge in [-0.05, 0) is 24.6 Å². The second-order valence-electron chi connectivity index (χ2n) is 6.09. The summed E-state index contributed by atoms with van der Waals surface area (Å²) in [5.41, 5.74) is 7.09. The van der Waals surface area contributed by atoms with E-state index in [1.165, 1.54) is 7.11 Å². The van der Waals surface area contributed by atoms with Crippen molar-refractivity contribution in [2.24, 2.45) is 5.73 Å². The average Bonchev–Trinajstić information content (AvgIpc) is 2.65. The van der Waals surface area contributed by atoms with Gasteiger partial charge in [0, 0.05) is 28.5 Å². The molecule has 8 heteroatoms. The van der Waals surface area contributed by atoms with E-state index in [0.29, 0.717) is 41.9 Å². The molecule has 1 heterocycles. The molecule has 0 aromatic heterocycles. The first-order valence-electron chi connectivity index (χ1n) is 8.29. The van der Waals surface area contributed by atoms with Crippen LogP contribution >= 0.6 is 15.9 Å². The maximum absolute atomic E-state index is 12.7. The fourth-order valence-electron chi connectivity index (χ4n) is 3.24. The normalized spacial score (nSPS) is 19.1. The minimum Gasteiger partial charge on any atom is -0.482 e. The van der Waals surface area contributed by atoms with Crippen LogP contribution in [0.5, 0.6) is 5.75 Å². The van der Waals surface area contributed by atoms with Gasteiger partial charge >= 0.3 is 5.97 Å². The number of ether oxygens (including phenoxy) is 3. The first-order valence-corrected chi connectivity index (χ1v) is 9.08. The van der Waals surface area contributed by atoms with Crippen LogP contribution in [0.15, 0.2) is 45.5 Å². The maximum atomic E-state index is 12.7. The highest BCUT2D eigenvalue weighted by Crippen LogP contribution is 2.46. The lowest BCUT2D eigenvalue weighted by Crippen LogP contribution is -2.28. The van der Waals surface area contributed by atoms with Crippen LogP contribution in [0.1, 0.15) is 30.7 Å². The Kier molecular flexibility index (Phi) is 5.51. The van der Waals surface area contributed by atoms with Crippen molar-refractivity contribution >= 4 is 27.7 Å². The van der Waals surface area contributed by atoms with Crippen LogP contribution in [0.4, 0.5) is 0 Å². The number of nitriles is 1. The van der Waals surface area contributed by atoms with Crippen molar-refractivity contribution in [3.8, 4) is 11.8 Å². The Morgan fingerprint density at radius 2 is 2.22 bits per heavy atom. The quantitative estimate of drug-likeness (QED) is 0.727. The molecule has 2 aliphatic rings. The number of carbonyl (C=O) groups excluding carboxylic acids is 2. The van der Waals surface area contributed by atoms with Gasteiger partial charge in [-0.3, -0.25) is 4.79 Å². The molecule has 0 radical (unpaired) electrons. The summed E-state index contributed by atoms with van der Waals surface area (Å²) in [4.78, 5) is 24.1. The highest BCUT2D eigenvalue weighted by atomic mass is 79.9. The number of methoxy groups -OCH3 is 1. The second kappa shape index (κ2) is 7.84. The van der Waals surface area contributed by atoms with Crippen molar-refractivity contribution < 1.29 is 23.8 Å². The number of rotatable bonds is 4. The lowest BCUT2D eigenvalue weighted by atomic mass is 9.77. The van der Waals surface area contributed by atoms with Crippen molar-refractivity contribution in [1.82, 2.24) is 0 Å². The van der Waals surface area contributed by atoms with Crippen LogP contribution in [0.25, 0.3) is 0 Å². The molecule has 0 unspecified atom stereocenters. The van der Waals surface area contributed by atoms with Gasteiger partial charge in [-0.1, -0.05) is 15.9 Å². The lowest BCUT2D eigenvalue weighted by molar-refractivity contribution is -0.142. The molecule has 0 bridgehead atoms. The Bertz CT molecular complexity index is 913. The first-order chi connectivity index (χ1) is 13.0. The fourth-order valence-corrected chi connectivity index (χ4v) is 3.62. The number of ketones is 1. The smallest absolute Gasteiger partial charge is 0.343 e. The number of nitrogens with two attached hydrogens (primary N) is 1. The fraction of sp³-hybridized carbons (Fsp3) is 0.316. The summed E-state index contributed by atoms with van der Waals surface area (Å²) < 4.78 is 16.5. The number of carbonyl (C=O) groups is 2. The summed E-state index contributed by atoms with van der Waals surface area (Å²) in [6.45, 7) is -0.296. The van der Waals surface area contributed by atoms with Gasteiger partial charge in [0.15, 0.2) is 12.4 Å². The van der Waals surface area contributed by atoms with E-state index in [4.69, 9.17) is 15.2 Å². The van der Waals surface area contributed by atoms with Crippen LogP contribution in [0.3, 0.4) is 0 Å². The zero-order chi connectivity index (χ0) is 19.6. The lowest BCUT2D eigenvalue weighted by Gasteiger charge is -2.31. The van der Waals surface area contributed by atoms with Crippen LogP contribution in [0, 0.1) is 11.3 Å². The SMILES string of the molecule is COC(=O)COc1ccc(Br)cc1[C@@H]1C(C#N)=C(N)OC2=C1C(=O)CCC2. The molecule has 0 saturated heterocycles. The number of allylic oxidation sites excluding steroid dienone is 3. The highest BCUT2D eigenvalue weighted by Gasteiger charge is 2.39. The van der Waals surface area contributed by atoms with Crippen LogP contribution in [-0.2, 0) is 19.1 Å². The van der Waals surface area contributed by atoms with Crippen molar-refractivity contribution in [1.29, 1.82) is 5.26 Å². The van der Waals surface area contributed by atoms with Crippen molar-refractivity contribution in [2.45, 2.75) is 25.2 Å². The third-order valence-electron chi connectivity index (χ3n) is 4.46. The average molecular weight is 433 g/mol. The Hall–Kier alpha value is -2.79. The zero-order valence-corrected chi connectivity index (χ0v) is 16.2. The molecule has 27 heavy (non-hydrogen) atoms. The number of halogens is 1. The predicted octanol–water partition coefficient (Wildman–Crippen LogP) is 2.82. The number of benzene rings is 1. The van der Waals surface area contributed by atoms with Gasteiger partial charge < -0.3 is 19.9 Å². The van der Waals surface area contributed by atoms with E-state index in [1.54, 1.807) is 18.2 Å². The van der Waals surface area contributed by atoms with E-state index in [2.05, 4.69) is 26.7 Å². The summed E-state index contributed by atoms with van der Waals surface area (Å²) in [5.74, 6) is -0.500. The third-order valence-corrected chi connectivity index (χ3v) is 4.95. The maximum Gasteiger partial charge on any atom is 0.343 e. The largest absolute Gasteiger partial charge is 0.482 e. The highest BCUT2D eigenvalue weighted by molar-refractivity contribution is 9.10. The summed E-state index contributed by atoms with van der Waals surface area (Å²) in [5, 5.41) is 9.66. The van der Waals surface area contributed by atoms with Crippen molar-refractivity contribution in [3.05, 3.63) is 51.0 Å². The molecule has 1 aliphatic heterocycles. The van der Waals surface area contributed by atoms with Gasteiger partial charge in [-0.25, -0.2) is 4.79 Å². The van der Waals surface area contributed by atoms with E-state index in [1.807, 2.05) is 0 Å². The minimum atomic E-state index is -0.711. The molecule has 3 rings (SSSR count). The van der Waals surface area contributed by atoms with Gasteiger partial charge in [-0.15, -0.1) is 0 Å². The summed E-state index contributed by atoms with van der Waals surface area (Å²) in [6.07, 6.45) is 1.62. The molecule has 7 nitrogen and oxygen atoms in total. The van der Waals surface area contributed by atoms with Crippen molar-refractivity contribution in [3.63, 3.8) is 0 Å². The Balaban J connectivity index is 2.13. The van der Waals surface area contributed by atoms with E-state index in [-0.39, 0.29) is 23.8 Å². The molecule has 0 fully saturated rings. The molecule has 0 saturated carbocycles. The van der Waals surface area contributed by atoms with Crippen LogP contribution < -0.4 is 10.5 Å². The molecule has 1 atom stereocenters. The molecule has 0 amide bonds. The standard InChI is InChI=1S/C19H17BrN2O5/c1-25-16(24)9-26-14-6-5-10(20)7-11(14)17-12(8-21)19(22)27-15-4-2-3-13(23)18(15)17/h5-7,17H,2-4,9,22H2,1H3/t17-/m1/s1. The van der Waals surface area contributed by atoms with Gasteiger partial charge in [0.05, 0.1) is 13.0 Å². The Morgan fingerprint density at radius 3 is 2.93 bits per heavy atom. The number of hydrogen-bond donors (Lipinski definition) is 1. The molecule has 1 aromatic rings. The third kappa shape index (κ3) is 3.69. The first kappa shape index (κ1) is 19.0. The van der Waals surface area contributed by atoms with Crippen LogP contribution in [-0.4, -0.2) is 25.5 Å². The number of Topliss-reactive ketones (excluding diaryl/α,β-unsaturated/α-hetero) is 1. The minimum absolute atomic E-state index is 0.0187. The van der Waals surface area contributed by atoms with Crippen molar-refractivity contribution in [2.75, 3.05) is 13.7 Å². The van der Waals surface area contributed by atoms with Crippen LogP contribution in [0.2, 0.25) is 0 Å². The van der Waals surface area contributed by atoms with Gasteiger partial charge in [0.2, 0.25) is 5.88 Å². The van der Waals surface area contributed by atoms with E-state index < -0.39 is 11.9 Å². The van der Waals surface area contributed by atoms with Gasteiger partial charge in [0.25, 0.3) is 0 Å². The Labute approximate surface area is 164 Å². The van der Waals surface area contributed by atoms with E-state index in [9.17, 15) is 14.9 Å². The number of hydrogen-bond acceptors (Lipinski definition) is 7. The molecule has 0 spiro atoms. The van der Waals surface area contributed by atoms with E-state index >= 15 is 0 Å². The van der Waals surface area contributed by atoms with Gasteiger partial charge in [0.1, 0.15) is 23.2 Å². The molecular formula is C19H17BrN2O5. The number of esters is 1. The summed E-state index contributed by atoms with van der Waals surface area (Å²) in [7, 11) is 1.27. The monoisotopic (exact) mass is 432 g/mol. The molecule has 1 aliphatic carbocycles. The molecule has 2 N–H and O–H groups in total. The predicted molar refractivity (Wildman–Crippen MR) is 98.2 cm³/mol. The molecular weight excluding hydrogens is 416 g/mol. The summed E-state index contributed by atoms with van der Waals surface area (Å²) in [6, 6.07) is 7.21. The zero-order valence-electron chi connectivity index (χ0n) is 14.6. The topological polar surface area (TPSA) is 112 Å². The number of nitrogens with zero attached hydrogens (tertiary/aromatic N) is 1. The van der Waals surface area contributed by atoms with Gasteiger partial charge in [-0.2, -0.15) is 5.26 Å². The summed E-state index contributed by atoms with van der Waals surface area (Å²) >= 11 is 3.41.